The molecule has 0 amide bonds. The number of aliphatic hydroxyl groups is 1. The first-order valence-electron chi connectivity index (χ1n) is 6.20. The van der Waals surface area contributed by atoms with Gasteiger partial charge in [0.2, 0.25) is 0 Å². The van der Waals surface area contributed by atoms with Gasteiger partial charge in [0, 0.05) is 4.47 Å². The molecule has 19 heavy (non-hydrogen) atoms. The molecular weight excluding hydrogens is 324 g/mol. The number of nitrogens with zero attached hydrogens (tertiary/aromatic N) is 2. The molecule has 0 radical (unpaired) electrons. The molecule has 104 valence electrons. The van der Waals surface area contributed by atoms with Crippen LogP contribution >= 0.6 is 27.7 Å². The van der Waals surface area contributed by atoms with Crippen molar-refractivity contribution < 1.29 is 5.11 Å². The Balaban J connectivity index is 2.48. The van der Waals surface area contributed by atoms with Gasteiger partial charge in [-0.15, -0.1) is 11.8 Å². The van der Waals surface area contributed by atoms with Gasteiger partial charge in [0.1, 0.15) is 0 Å². The summed E-state index contributed by atoms with van der Waals surface area (Å²) < 4.78 is 1.03. The summed E-state index contributed by atoms with van der Waals surface area (Å²) in [5.41, 5.74) is 1.11. The lowest BCUT2D eigenvalue weighted by Gasteiger charge is -2.27. The van der Waals surface area contributed by atoms with Crippen LogP contribution < -0.4 is 0 Å². The highest BCUT2D eigenvalue weighted by Crippen LogP contribution is 2.22. The number of thioether (sulfide) groups is 1. The van der Waals surface area contributed by atoms with Gasteiger partial charge >= 0.3 is 0 Å². The lowest BCUT2D eigenvalue weighted by atomic mass is 10.1. The summed E-state index contributed by atoms with van der Waals surface area (Å²) in [7, 11) is 2.02. The van der Waals surface area contributed by atoms with Gasteiger partial charge in [-0.2, -0.15) is 5.26 Å². The first kappa shape index (κ1) is 16.5. The zero-order valence-corrected chi connectivity index (χ0v) is 13.5. The van der Waals surface area contributed by atoms with Crippen molar-refractivity contribution in [2.24, 2.45) is 0 Å². The Labute approximate surface area is 127 Å². The van der Waals surface area contributed by atoms with Crippen molar-refractivity contribution in [3.8, 4) is 6.07 Å². The first-order chi connectivity index (χ1) is 9.19. The Hall–Kier alpha value is -0.540. The van der Waals surface area contributed by atoms with Gasteiger partial charge in [-0.1, -0.05) is 28.1 Å². The number of hydrogen-bond donors (Lipinski definition) is 1. The molecule has 1 unspecified atom stereocenters. The fourth-order valence-corrected chi connectivity index (χ4v) is 2.89. The molecule has 3 nitrogen and oxygen atoms in total. The van der Waals surface area contributed by atoms with Crippen LogP contribution in [0, 0.1) is 11.3 Å². The zero-order chi connectivity index (χ0) is 14.1. The summed E-state index contributed by atoms with van der Waals surface area (Å²) in [5.74, 6) is 1.54. The SMILES string of the molecule is CN(CCCSCC#N)C(CO)c1cccc(Br)c1. The molecule has 0 fully saturated rings. The molecule has 1 N–H and O–H groups in total. The topological polar surface area (TPSA) is 47.3 Å². The highest BCUT2D eigenvalue weighted by atomic mass is 79.9. The smallest absolute Gasteiger partial charge is 0.0808 e. The van der Waals surface area contributed by atoms with Crippen LogP contribution in [0.5, 0.6) is 0 Å². The minimum Gasteiger partial charge on any atom is -0.394 e. The maximum atomic E-state index is 9.58. The van der Waals surface area contributed by atoms with Crippen molar-refractivity contribution in [3.63, 3.8) is 0 Å². The minimum absolute atomic E-state index is 0.0264. The van der Waals surface area contributed by atoms with E-state index in [1.165, 1.54) is 0 Å². The van der Waals surface area contributed by atoms with Gasteiger partial charge in [-0.3, -0.25) is 4.90 Å². The van der Waals surface area contributed by atoms with E-state index in [1.807, 2.05) is 31.3 Å². The summed E-state index contributed by atoms with van der Waals surface area (Å²) in [5, 5.41) is 18.0. The van der Waals surface area contributed by atoms with Crippen LogP contribution in [0.3, 0.4) is 0 Å². The van der Waals surface area contributed by atoms with E-state index < -0.39 is 0 Å². The number of nitriles is 1. The fourth-order valence-electron chi connectivity index (χ4n) is 1.90. The minimum atomic E-state index is 0.0264. The predicted molar refractivity (Wildman–Crippen MR) is 84.2 cm³/mol. The molecule has 0 aliphatic heterocycles. The van der Waals surface area contributed by atoms with Crippen molar-refractivity contribution in [2.45, 2.75) is 12.5 Å². The van der Waals surface area contributed by atoms with Crippen molar-refractivity contribution in [1.82, 2.24) is 4.90 Å². The van der Waals surface area contributed by atoms with Gasteiger partial charge in [0.05, 0.1) is 24.5 Å². The Kier molecular flexibility index (Phi) is 8.15. The van der Waals surface area contributed by atoms with E-state index in [1.54, 1.807) is 11.8 Å². The molecular formula is C14H19BrN2OS. The van der Waals surface area contributed by atoms with Crippen molar-refractivity contribution in [2.75, 3.05) is 31.7 Å². The van der Waals surface area contributed by atoms with Crippen LogP contribution in [0.25, 0.3) is 0 Å². The summed E-state index contributed by atoms with van der Waals surface area (Å²) in [4.78, 5) is 2.16. The second-order valence-corrected chi connectivity index (χ2v) is 6.32. The van der Waals surface area contributed by atoms with E-state index in [9.17, 15) is 5.11 Å². The van der Waals surface area contributed by atoms with Gasteiger partial charge < -0.3 is 5.11 Å². The summed E-state index contributed by atoms with van der Waals surface area (Å²) >= 11 is 5.11. The molecule has 0 saturated carbocycles. The Morgan fingerprint density at radius 1 is 1.53 bits per heavy atom. The second kappa shape index (κ2) is 9.38. The Morgan fingerprint density at radius 3 is 2.95 bits per heavy atom. The van der Waals surface area contributed by atoms with Gasteiger partial charge in [-0.25, -0.2) is 0 Å². The maximum absolute atomic E-state index is 9.58. The molecule has 0 heterocycles. The summed E-state index contributed by atoms with van der Waals surface area (Å²) in [6.07, 6.45) is 1.02. The normalized spacial score (nSPS) is 12.4. The fraction of sp³-hybridized carbons (Fsp3) is 0.500. The lowest BCUT2D eigenvalue weighted by molar-refractivity contribution is 0.148. The van der Waals surface area contributed by atoms with Crippen LogP contribution in [-0.4, -0.2) is 41.7 Å². The predicted octanol–water partition coefficient (Wildman–Crippen LogP) is 3.06. The number of likely N-dealkylation sites (N-methyl/N-ethyl adjacent to an activating group) is 1. The van der Waals surface area contributed by atoms with Crippen molar-refractivity contribution >= 4 is 27.7 Å². The largest absolute Gasteiger partial charge is 0.394 e. The van der Waals surface area contributed by atoms with E-state index in [0.717, 1.165) is 28.8 Å². The Bertz CT molecular complexity index is 422. The molecule has 0 saturated heterocycles. The van der Waals surface area contributed by atoms with Crippen LogP contribution in [0.4, 0.5) is 0 Å². The summed E-state index contributed by atoms with van der Waals surface area (Å²) in [6.45, 7) is 1.02. The third-order valence-electron chi connectivity index (χ3n) is 2.90. The van der Waals surface area contributed by atoms with Crippen LogP contribution in [0.15, 0.2) is 28.7 Å². The van der Waals surface area contributed by atoms with E-state index in [4.69, 9.17) is 5.26 Å². The van der Waals surface area contributed by atoms with Gasteiger partial charge in [-0.05, 0) is 43.5 Å². The number of hydrogen-bond acceptors (Lipinski definition) is 4. The zero-order valence-electron chi connectivity index (χ0n) is 11.1. The monoisotopic (exact) mass is 342 g/mol. The van der Waals surface area contributed by atoms with Crippen molar-refractivity contribution in [3.05, 3.63) is 34.3 Å². The molecule has 0 bridgehead atoms. The molecule has 0 spiro atoms. The molecule has 5 heteroatoms. The molecule has 0 aliphatic carbocycles. The number of benzene rings is 1. The van der Waals surface area contributed by atoms with Gasteiger partial charge in [0.25, 0.3) is 0 Å². The number of aliphatic hydroxyl groups excluding tert-OH is 1. The third-order valence-corrected chi connectivity index (χ3v) is 4.31. The number of rotatable bonds is 8. The quantitative estimate of drug-likeness (QED) is 0.737. The molecule has 1 rings (SSSR count). The molecule has 1 aromatic carbocycles. The molecule has 0 aromatic heterocycles. The van der Waals surface area contributed by atoms with Crippen molar-refractivity contribution in [1.29, 1.82) is 5.26 Å². The number of halogens is 1. The average molecular weight is 343 g/mol. The third kappa shape index (κ3) is 5.96. The van der Waals surface area contributed by atoms with E-state index in [0.29, 0.717) is 5.75 Å². The summed E-state index contributed by atoms with van der Waals surface area (Å²) in [6, 6.07) is 10.2. The van der Waals surface area contributed by atoms with E-state index >= 15 is 0 Å². The standard InChI is InChI=1S/C14H19BrN2OS/c1-17(7-3-8-19-9-6-16)14(11-18)12-4-2-5-13(15)10-12/h2,4-5,10,14,18H,3,7-9,11H2,1H3. The van der Waals surface area contributed by atoms with Crippen LogP contribution in [0.2, 0.25) is 0 Å². The van der Waals surface area contributed by atoms with Crippen LogP contribution in [0.1, 0.15) is 18.0 Å². The first-order valence-corrected chi connectivity index (χ1v) is 8.15. The van der Waals surface area contributed by atoms with E-state index in [-0.39, 0.29) is 12.6 Å². The average Bonchev–Trinajstić information content (AvgIpc) is 2.39. The highest BCUT2D eigenvalue weighted by Gasteiger charge is 2.15. The van der Waals surface area contributed by atoms with E-state index in [2.05, 4.69) is 26.9 Å². The molecule has 1 atom stereocenters. The molecule has 1 aromatic rings. The lowest BCUT2D eigenvalue weighted by Crippen LogP contribution is -2.28. The second-order valence-electron chi connectivity index (χ2n) is 4.30. The maximum Gasteiger partial charge on any atom is 0.0808 e. The molecule has 0 aliphatic rings. The highest BCUT2D eigenvalue weighted by molar-refractivity contribution is 9.10. The van der Waals surface area contributed by atoms with Gasteiger partial charge in [0.15, 0.2) is 0 Å². The Morgan fingerprint density at radius 2 is 2.32 bits per heavy atom. The van der Waals surface area contributed by atoms with Crippen LogP contribution in [-0.2, 0) is 0 Å².